The minimum absolute atomic E-state index is 0.327. The second-order valence-corrected chi connectivity index (χ2v) is 17.7. The van der Waals surface area contributed by atoms with Gasteiger partial charge in [-0.05, 0) is 56.0 Å². The highest BCUT2D eigenvalue weighted by Gasteiger charge is 2.46. The molecule has 5 nitrogen and oxygen atoms in total. The Kier molecular flexibility index (Phi) is 13.8. The summed E-state index contributed by atoms with van der Waals surface area (Å²) >= 11 is 0. The van der Waals surface area contributed by atoms with Crippen molar-refractivity contribution in [3.63, 3.8) is 0 Å². The Morgan fingerprint density at radius 3 is 1.59 bits per heavy atom. The third-order valence-corrected chi connectivity index (χ3v) is 16.2. The van der Waals surface area contributed by atoms with E-state index in [-0.39, 0.29) is 5.97 Å². The van der Waals surface area contributed by atoms with E-state index < -0.39 is 22.6 Å². The predicted molar refractivity (Wildman–Crippen MR) is 130 cm³/mol. The van der Waals surface area contributed by atoms with Crippen LogP contribution in [0.1, 0.15) is 67.7 Å². The van der Waals surface area contributed by atoms with Crippen molar-refractivity contribution in [1.29, 1.82) is 0 Å². The second-order valence-electron chi connectivity index (χ2n) is 7.95. The molecule has 0 saturated heterocycles. The molecule has 0 atom stereocenters. The molecule has 0 saturated carbocycles. The van der Waals surface area contributed by atoms with Crippen molar-refractivity contribution in [2.75, 3.05) is 6.61 Å². The molecule has 0 spiro atoms. The Morgan fingerprint density at radius 1 is 0.862 bits per heavy atom. The van der Waals surface area contributed by atoms with Gasteiger partial charge in [0.25, 0.3) is 5.97 Å². The van der Waals surface area contributed by atoms with Crippen LogP contribution in [0.5, 0.6) is 0 Å². The Balaban J connectivity index is 5.44. The summed E-state index contributed by atoms with van der Waals surface area (Å²) in [5, 5.41) is 0. The van der Waals surface area contributed by atoms with Crippen LogP contribution in [0.2, 0.25) is 36.3 Å². The molecule has 0 aliphatic heterocycles. The molecule has 29 heavy (non-hydrogen) atoms. The number of carbonyl (C=O) groups is 1. The van der Waals surface area contributed by atoms with Crippen molar-refractivity contribution in [1.82, 2.24) is 0 Å². The minimum atomic E-state index is -1.92. The largest absolute Gasteiger partial charge is 0.462 e. The summed E-state index contributed by atoms with van der Waals surface area (Å²) in [5.41, 5.74) is 0.433. The van der Waals surface area contributed by atoms with E-state index in [2.05, 4.69) is 48.1 Å². The number of esters is 1. The molecule has 0 unspecified atom stereocenters. The molecule has 0 fully saturated rings. The van der Waals surface area contributed by atoms with Crippen molar-refractivity contribution in [2.45, 2.75) is 110 Å². The lowest BCUT2D eigenvalue weighted by molar-refractivity contribution is -0.270. The summed E-state index contributed by atoms with van der Waals surface area (Å²) in [6.45, 7) is 19.1. The molecule has 172 valence electrons. The highest BCUT2D eigenvalue weighted by Crippen LogP contribution is 2.37. The fourth-order valence-electron chi connectivity index (χ4n) is 3.63. The van der Waals surface area contributed by atoms with Gasteiger partial charge in [-0.3, -0.25) is 0 Å². The molecule has 0 bridgehead atoms. The third-order valence-electron chi connectivity index (χ3n) is 6.38. The Hall–Kier alpha value is -0.259. The quantitative estimate of drug-likeness (QED) is 0.0969. The zero-order valence-electron chi connectivity index (χ0n) is 20.3. The van der Waals surface area contributed by atoms with Crippen LogP contribution in [0, 0.1) is 0 Å². The van der Waals surface area contributed by atoms with E-state index in [9.17, 15) is 4.79 Å². The van der Waals surface area contributed by atoms with Crippen LogP contribution in [0.4, 0.5) is 0 Å². The predicted octanol–water partition coefficient (Wildman–Crippen LogP) is 5.27. The Bertz CT molecular complexity index is 452. The number of carbonyl (C=O) groups excluding carboxylic acids is 1. The van der Waals surface area contributed by atoms with Gasteiger partial charge in [0, 0.05) is 12.0 Å². The fraction of sp³-hybridized carbons (Fsp3) is 0.857. The SMILES string of the molecule is C=C(C)C(=O)OCCCCC(O[SiH3])(O[Si](CC)(CC)CC)O[Si](CC)(CC)CC. The van der Waals surface area contributed by atoms with Crippen LogP contribution in [-0.2, 0) is 22.8 Å². The van der Waals surface area contributed by atoms with E-state index in [1.165, 1.54) is 0 Å². The topological polar surface area (TPSA) is 54.0 Å². The molecule has 0 amide bonds. The fourth-order valence-corrected chi connectivity index (χ4v) is 10.1. The number of hydrogen-bond acceptors (Lipinski definition) is 5. The van der Waals surface area contributed by atoms with Crippen molar-refractivity contribution < 1.29 is 22.8 Å². The van der Waals surface area contributed by atoms with E-state index >= 15 is 0 Å². The maximum Gasteiger partial charge on any atom is 0.333 e. The van der Waals surface area contributed by atoms with E-state index in [0.29, 0.717) is 29.1 Å². The number of ether oxygens (including phenoxy) is 1. The van der Waals surface area contributed by atoms with Gasteiger partial charge in [0.05, 0.1) is 6.61 Å². The summed E-state index contributed by atoms with van der Waals surface area (Å²) in [7, 11) is -3.27. The first kappa shape index (κ1) is 28.7. The van der Waals surface area contributed by atoms with Gasteiger partial charge in [-0.1, -0.05) is 48.1 Å². The normalized spacial score (nSPS) is 12.9. The van der Waals surface area contributed by atoms with Crippen LogP contribution in [-0.4, -0.2) is 45.7 Å². The van der Waals surface area contributed by atoms with Crippen molar-refractivity contribution >= 4 is 33.1 Å². The Labute approximate surface area is 184 Å². The van der Waals surface area contributed by atoms with Crippen molar-refractivity contribution in [3.8, 4) is 0 Å². The monoisotopic (exact) mass is 462 g/mol. The molecule has 8 heteroatoms. The molecule has 0 aliphatic rings. The van der Waals surface area contributed by atoms with E-state index in [0.717, 1.165) is 49.1 Å². The highest BCUT2D eigenvalue weighted by molar-refractivity contribution is 6.74. The van der Waals surface area contributed by atoms with E-state index in [4.69, 9.17) is 18.0 Å². The van der Waals surface area contributed by atoms with E-state index in [1.807, 2.05) is 0 Å². The summed E-state index contributed by atoms with van der Waals surface area (Å²) in [6.07, 6.45) is 2.27. The van der Waals surface area contributed by atoms with Gasteiger partial charge in [0.1, 0.15) is 0 Å². The zero-order valence-corrected chi connectivity index (χ0v) is 24.3. The maximum absolute atomic E-state index is 11.6. The maximum atomic E-state index is 11.6. The first-order valence-electron chi connectivity index (χ1n) is 11.4. The molecule has 0 heterocycles. The van der Waals surface area contributed by atoms with E-state index in [1.54, 1.807) is 6.92 Å². The molecule has 0 aromatic rings. The first-order valence-corrected chi connectivity index (χ1v) is 17.3. The molecular weight excluding hydrogens is 416 g/mol. The molecule has 0 N–H and O–H groups in total. The number of hydrogen-bond donors (Lipinski definition) is 0. The number of unbranched alkanes of at least 4 members (excludes halogenated alkanes) is 1. The molecule has 0 radical (unpaired) electrons. The molecule has 0 aromatic carbocycles. The smallest absolute Gasteiger partial charge is 0.333 e. The van der Waals surface area contributed by atoms with Gasteiger partial charge in [0.15, 0.2) is 27.1 Å². The lowest BCUT2D eigenvalue weighted by Crippen LogP contribution is -2.56. The highest BCUT2D eigenvalue weighted by atomic mass is 28.4. The van der Waals surface area contributed by atoms with Gasteiger partial charge < -0.3 is 18.0 Å². The average Bonchev–Trinajstić information content (AvgIpc) is 2.75. The lowest BCUT2D eigenvalue weighted by atomic mass is 10.2. The third kappa shape index (κ3) is 8.79. The van der Waals surface area contributed by atoms with Crippen LogP contribution >= 0.6 is 0 Å². The van der Waals surface area contributed by atoms with Crippen molar-refractivity contribution in [2.24, 2.45) is 0 Å². The first-order chi connectivity index (χ1) is 13.7. The van der Waals surface area contributed by atoms with Gasteiger partial charge in [0.2, 0.25) is 0 Å². The summed E-state index contributed by atoms with van der Waals surface area (Å²) in [4.78, 5) is 11.6. The van der Waals surface area contributed by atoms with Crippen LogP contribution in [0.3, 0.4) is 0 Å². The van der Waals surface area contributed by atoms with Crippen LogP contribution in [0.15, 0.2) is 12.2 Å². The molecule has 0 aromatic heterocycles. The lowest BCUT2D eigenvalue weighted by Gasteiger charge is -2.46. The van der Waals surface area contributed by atoms with Gasteiger partial charge in [-0.25, -0.2) is 4.79 Å². The summed E-state index contributed by atoms with van der Waals surface area (Å²) in [5.74, 6) is -1.25. The van der Waals surface area contributed by atoms with Crippen molar-refractivity contribution in [3.05, 3.63) is 12.2 Å². The minimum Gasteiger partial charge on any atom is -0.462 e. The van der Waals surface area contributed by atoms with Crippen LogP contribution in [0.25, 0.3) is 0 Å². The summed E-state index contributed by atoms with van der Waals surface area (Å²) < 4.78 is 25.2. The van der Waals surface area contributed by atoms with Crippen LogP contribution < -0.4 is 0 Å². The molecule has 0 rings (SSSR count). The van der Waals surface area contributed by atoms with Gasteiger partial charge in [-0.15, -0.1) is 0 Å². The molecular formula is C21H46O5Si3. The van der Waals surface area contributed by atoms with Gasteiger partial charge in [-0.2, -0.15) is 0 Å². The molecule has 0 aliphatic carbocycles. The Morgan fingerprint density at radius 2 is 1.28 bits per heavy atom. The average molecular weight is 463 g/mol. The second kappa shape index (κ2) is 13.9. The summed E-state index contributed by atoms with van der Waals surface area (Å²) in [6, 6.07) is 6.36. The van der Waals surface area contributed by atoms with Gasteiger partial charge >= 0.3 is 5.97 Å². The zero-order chi connectivity index (χ0) is 22.6. The number of rotatable bonds is 17. The standard InChI is InChI=1S/C21H46O5Si3/c1-9-28(10-2,11-3)25-21(24-27,26-29(12-4,13-5)14-6)17-15-16-18-23-20(22)19(7)8/h7,9-18H2,1-6,8,27H3.